The first kappa shape index (κ1) is 10.0. The molecule has 0 aromatic carbocycles. The molecular weight excluding hydrogens is 176 g/mol. The van der Waals surface area contributed by atoms with E-state index in [4.69, 9.17) is 4.74 Å². The van der Waals surface area contributed by atoms with Crippen LogP contribution in [-0.4, -0.2) is 12.1 Å². The minimum absolute atomic E-state index is 0.128. The van der Waals surface area contributed by atoms with E-state index in [0.717, 1.165) is 5.92 Å². The molecule has 2 heteroatoms. The average Bonchev–Trinajstić information content (AvgIpc) is 2.49. The molecule has 2 aliphatic rings. The molecule has 80 valence electrons. The Bertz CT molecular complexity index is 265. The highest BCUT2D eigenvalue weighted by Gasteiger charge is 2.61. The van der Waals surface area contributed by atoms with Crippen LogP contribution in [0.5, 0.6) is 0 Å². The van der Waals surface area contributed by atoms with Gasteiger partial charge in [-0.05, 0) is 25.2 Å². The lowest BCUT2D eigenvalue weighted by Gasteiger charge is -2.41. The van der Waals surface area contributed by atoms with Gasteiger partial charge in [0.1, 0.15) is 6.10 Å². The molecule has 2 nitrogen and oxygen atoms in total. The normalized spacial score (nSPS) is 44.0. The van der Waals surface area contributed by atoms with Gasteiger partial charge in [-0.1, -0.05) is 20.8 Å². The predicted octanol–water partition coefficient (Wildman–Crippen LogP) is 2.76. The topological polar surface area (TPSA) is 26.3 Å². The molecule has 2 bridgehead atoms. The molecule has 2 rings (SSSR count). The second-order valence-electron chi connectivity index (χ2n) is 5.90. The first-order valence-corrected chi connectivity index (χ1v) is 5.53. The third kappa shape index (κ3) is 1.19. The fourth-order valence-corrected chi connectivity index (χ4v) is 3.72. The Hall–Kier alpha value is -0.530. The predicted molar refractivity (Wildman–Crippen MR) is 54.8 cm³/mol. The van der Waals surface area contributed by atoms with Gasteiger partial charge in [0.15, 0.2) is 0 Å². The second-order valence-corrected chi connectivity index (χ2v) is 5.90. The zero-order valence-electron chi connectivity index (χ0n) is 9.59. The maximum atomic E-state index is 11.1. The van der Waals surface area contributed by atoms with E-state index in [2.05, 4.69) is 20.8 Å². The van der Waals surface area contributed by atoms with E-state index in [1.165, 1.54) is 26.2 Å². The maximum Gasteiger partial charge on any atom is 0.302 e. The number of esters is 1. The number of rotatable bonds is 1. The van der Waals surface area contributed by atoms with Gasteiger partial charge < -0.3 is 4.74 Å². The third-order valence-electron chi connectivity index (χ3n) is 4.42. The van der Waals surface area contributed by atoms with E-state index < -0.39 is 0 Å². The summed E-state index contributed by atoms with van der Waals surface area (Å²) in [6, 6.07) is 0. The van der Waals surface area contributed by atoms with Gasteiger partial charge in [0.25, 0.3) is 0 Å². The number of carbonyl (C=O) groups excluding carboxylic acids is 1. The Morgan fingerprint density at radius 3 is 2.43 bits per heavy atom. The molecule has 0 aromatic heterocycles. The molecule has 0 unspecified atom stereocenters. The van der Waals surface area contributed by atoms with Gasteiger partial charge in [-0.3, -0.25) is 4.79 Å². The van der Waals surface area contributed by atoms with Crippen molar-refractivity contribution in [3.63, 3.8) is 0 Å². The molecule has 0 N–H and O–H groups in total. The first-order chi connectivity index (χ1) is 6.36. The number of ether oxygens (including phenoxy) is 1. The van der Waals surface area contributed by atoms with Crippen LogP contribution in [0.15, 0.2) is 0 Å². The van der Waals surface area contributed by atoms with E-state index in [1.54, 1.807) is 0 Å². The summed E-state index contributed by atoms with van der Waals surface area (Å²) in [6.07, 6.45) is 3.89. The van der Waals surface area contributed by atoms with Crippen molar-refractivity contribution in [1.29, 1.82) is 0 Å². The van der Waals surface area contributed by atoms with Crippen molar-refractivity contribution >= 4 is 5.97 Å². The number of hydrogen-bond acceptors (Lipinski definition) is 2. The summed E-state index contributed by atoms with van der Waals surface area (Å²) in [5.41, 5.74) is 0.429. The van der Waals surface area contributed by atoms with Gasteiger partial charge in [-0.2, -0.15) is 0 Å². The van der Waals surface area contributed by atoms with Gasteiger partial charge >= 0.3 is 5.97 Å². The van der Waals surface area contributed by atoms with Crippen LogP contribution in [0.1, 0.15) is 47.0 Å². The molecule has 0 radical (unpaired) electrons. The summed E-state index contributed by atoms with van der Waals surface area (Å²) in [6.45, 7) is 8.28. The fourth-order valence-electron chi connectivity index (χ4n) is 3.72. The number of carbonyl (C=O) groups is 1. The smallest absolute Gasteiger partial charge is 0.302 e. The molecule has 0 saturated heterocycles. The van der Waals surface area contributed by atoms with Crippen molar-refractivity contribution in [2.45, 2.75) is 53.1 Å². The fraction of sp³-hybridized carbons (Fsp3) is 0.917. The molecular formula is C12H20O2. The van der Waals surface area contributed by atoms with Gasteiger partial charge in [0.05, 0.1) is 0 Å². The molecule has 0 aliphatic heterocycles. The SMILES string of the molecule is CC(=O)O[C@H]1C(C)(C)[C@@H]2CC[C@@]1(C)C2. The third-order valence-corrected chi connectivity index (χ3v) is 4.42. The minimum Gasteiger partial charge on any atom is -0.461 e. The molecule has 3 atom stereocenters. The Balaban J connectivity index is 2.25. The van der Waals surface area contributed by atoms with Crippen LogP contribution < -0.4 is 0 Å². The average molecular weight is 196 g/mol. The van der Waals surface area contributed by atoms with Crippen molar-refractivity contribution in [1.82, 2.24) is 0 Å². The molecule has 0 spiro atoms. The minimum atomic E-state index is -0.128. The van der Waals surface area contributed by atoms with Crippen molar-refractivity contribution < 1.29 is 9.53 Å². The van der Waals surface area contributed by atoms with Crippen LogP contribution in [0, 0.1) is 16.7 Å². The van der Waals surface area contributed by atoms with Crippen LogP contribution in [0.2, 0.25) is 0 Å². The summed E-state index contributed by atoms with van der Waals surface area (Å²) < 4.78 is 5.52. The second kappa shape index (κ2) is 2.74. The van der Waals surface area contributed by atoms with Crippen LogP contribution in [0.3, 0.4) is 0 Å². The number of hydrogen-bond donors (Lipinski definition) is 0. The standard InChI is InChI=1S/C12H20O2/c1-8(13)14-10-11(2,3)9-5-6-12(10,4)7-9/h9-10H,5-7H2,1-4H3/t9-,10+,12+/m1/s1. The highest BCUT2D eigenvalue weighted by atomic mass is 16.5. The maximum absolute atomic E-state index is 11.1. The summed E-state index contributed by atoms with van der Waals surface area (Å²) in [5.74, 6) is 0.619. The zero-order chi connectivity index (χ0) is 10.6. The summed E-state index contributed by atoms with van der Waals surface area (Å²) in [7, 11) is 0. The lowest BCUT2D eigenvalue weighted by atomic mass is 9.70. The molecule has 2 aliphatic carbocycles. The van der Waals surface area contributed by atoms with Crippen molar-refractivity contribution in [2.75, 3.05) is 0 Å². The van der Waals surface area contributed by atoms with Crippen LogP contribution in [-0.2, 0) is 9.53 Å². The van der Waals surface area contributed by atoms with E-state index in [0.29, 0.717) is 0 Å². The Labute approximate surface area is 86.0 Å². The molecule has 0 amide bonds. The Morgan fingerprint density at radius 2 is 2.00 bits per heavy atom. The van der Waals surface area contributed by atoms with Gasteiger partial charge in [0, 0.05) is 17.8 Å². The zero-order valence-corrected chi connectivity index (χ0v) is 9.59. The number of fused-ring (bicyclic) bond motifs is 2. The van der Waals surface area contributed by atoms with E-state index in [-0.39, 0.29) is 22.9 Å². The summed E-state index contributed by atoms with van der Waals surface area (Å²) in [4.78, 5) is 11.1. The molecule has 2 saturated carbocycles. The molecule has 0 aromatic rings. The highest BCUT2D eigenvalue weighted by Crippen LogP contribution is 2.63. The van der Waals surface area contributed by atoms with Gasteiger partial charge in [0.2, 0.25) is 0 Å². The monoisotopic (exact) mass is 196 g/mol. The van der Waals surface area contributed by atoms with Crippen LogP contribution >= 0.6 is 0 Å². The van der Waals surface area contributed by atoms with E-state index >= 15 is 0 Å². The van der Waals surface area contributed by atoms with Crippen molar-refractivity contribution in [3.05, 3.63) is 0 Å². The summed E-state index contributed by atoms with van der Waals surface area (Å²) >= 11 is 0. The van der Waals surface area contributed by atoms with Gasteiger partial charge in [-0.25, -0.2) is 0 Å². The molecule has 14 heavy (non-hydrogen) atoms. The van der Waals surface area contributed by atoms with Crippen LogP contribution in [0.25, 0.3) is 0 Å². The largest absolute Gasteiger partial charge is 0.461 e. The van der Waals surface area contributed by atoms with E-state index in [1.807, 2.05) is 0 Å². The van der Waals surface area contributed by atoms with Crippen molar-refractivity contribution in [2.24, 2.45) is 16.7 Å². The lowest BCUT2D eigenvalue weighted by Crippen LogP contribution is -2.43. The molecule has 2 fully saturated rings. The highest BCUT2D eigenvalue weighted by molar-refractivity contribution is 5.66. The summed E-state index contributed by atoms with van der Waals surface area (Å²) in [5, 5.41) is 0. The quantitative estimate of drug-likeness (QED) is 0.603. The van der Waals surface area contributed by atoms with E-state index in [9.17, 15) is 4.79 Å². The van der Waals surface area contributed by atoms with Gasteiger partial charge in [-0.15, -0.1) is 0 Å². The molecule has 0 heterocycles. The van der Waals surface area contributed by atoms with Crippen molar-refractivity contribution in [3.8, 4) is 0 Å². The Morgan fingerprint density at radius 1 is 1.36 bits per heavy atom. The van der Waals surface area contributed by atoms with Crippen LogP contribution in [0.4, 0.5) is 0 Å². The Kier molecular flexibility index (Phi) is 1.96. The lowest BCUT2D eigenvalue weighted by molar-refractivity contribution is -0.161. The first-order valence-electron chi connectivity index (χ1n) is 5.53.